The molecule has 0 saturated carbocycles. The van der Waals surface area contributed by atoms with Gasteiger partial charge in [0, 0.05) is 11.3 Å². The van der Waals surface area contributed by atoms with Gasteiger partial charge in [-0.3, -0.25) is 9.48 Å². The number of nitrogens with one attached hydrogen (secondary N) is 1. The van der Waals surface area contributed by atoms with Gasteiger partial charge in [-0.1, -0.05) is 12.1 Å². The van der Waals surface area contributed by atoms with Gasteiger partial charge in [0.25, 0.3) is 5.91 Å². The maximum absolute atomic E-state index is 12.3. The molecule has 2 rings (SSSR count). The van der Waals surface area contributed by atoms with Gasteiger partial charge >= 0.3 is 6.36 Å². The number of alkyl halides is 3. The molecule has 0 atom stereocenters. The number of benzene rings is 1. The zero-order chi connectivity index (χ0) is 17.7. The van der Waals surface area contributed by atoms with Crippen molar-refractivity contribution in [2.75, 3.05) is 0 Å². The predicted octanol–water partition coefficient (Wildman–Crippen LogP) is 2.55. The van der Waals surface area contributed by atoms with E-state index in [-0.39, 0.29) is 12.1 Å². The van der Waals surface area contributed by atoms with Crippen LogP contribution in [0.1, 0.15) is 17.0 Å². The van der Waals surface area contributed by atoms with E-state index < -0.39 is 18.0 Å². The van der Waals surface area contributed by atoms with Gasteiger partial charge in [0.1, 0.15) is 12.3 Å². The molecule has 1 N–H and O–H groups in total. The Balaban J connectivity index is 1.99. The van der Waals surface area contributed by atoms with E-state index in [0.717, 1.165) is 23.7 Å². The Morgan fingerprint density at radius 2 is 2.08 bits per heavy atom. The summed E-state index contributed by atoms with van der Waals surface area (Å²) in [6, 6.07) is 7.30. The van der Waals surface area contributed by atoms with Crippen LogP contribution in [0.2, 0.25) is 0 Å². The van der Waals surface area contributed by atoms with Crippen LogP contribution < -0.4 is 10.2 Å². The van der Waals surface area contributed by atoms with Gasteiger partial charge in [-0.15, -0.1) is 13.2 Å². The van der Waals surface area contributed by atoms with Crippen LogP contribution in [0.3, 0.4) is 0 Å². The number of para-hydroxylation sites is 1. The SMILES string of the molecule is Cc1cc(C)n(CC(=O)N/N=C/c2ccccc2OC(F)(F)F)n1. The zero-order valence-corrected chi connectivity index (χ0v) is 13.0. The van der Waals surface area contributed by atoms with E-state index in [9.17, 15) is 18.0 Å². The second-order valence-electron chi connectivity index (χ2n) is 4.96. The average molecular weight is 340 g/mol. The highest BCUT2D eigenvalue weighted by atomic mass is 19.4. The first-order valence-electron chi connectivity index (χ1n) is 6.92. The fourth-order valence-electron chi connectivity index (χ4n) is 1.99. The van der Waals surface area contributed by atoms with E-state index in [0.29, 0.717) is 0 Å². The molecule has 1 aromatic heterocycles. The normalized spacial score (nSPS) is 11.7. The summed E-state index contributed by atoms with van der Waals surface area (Å²) in [5.41, 5.74) is 3.92. The summed E-state index contributed by atoms with van der Waals surface area (Å²) in [5.74, 6) is -0.854. The monoisotopic (exact) mass is 340 g/mol. The summed E-state index contributed by atoms with van der Waals surface area (Å²) in [6.07, 6.45) is -3.72. The number of hydrogen-bond acceptors (Lipinski definition) is 4. The Hall–Kier alpha value is -2.84. The van der Waals surface area contributed by atoms with Gasteiger partial charge in [-0.2, -0.15) is 10.2 Å². The summed E-state index contributed by atoms with van der Waals surface area (Å²) in [5, 5.41) is 7.78. The Kier molecular flexibility index (Phi) is 5.22. The Labute approximate surface area is 135 Å². The first kappa shape index (κ1) is 17.5. The fourth-order valence-corrected chi connectivity index (χ4v) is 1.99. The number of nitrogens with zero attached hydrogens (tertiary/aromatic N) is 3. The molecule has 0 aliphatic heterocycles. The molecule has 0 unspecified atom stereocenters. The summed E-state index contributed by atoms with van der Waals surface area (Å²) in [4.78, 5) is 11.8. The van der Waals surface area contributed by atoms with Crippen molar-refractivity contribution >= 4 is 12.1 Å². The quantitative estimate of drug-likeness (QED) is 0.672. The van der Waals surface area contributed by atoms with E-state index in [1.54, 1.807) is 13.8 Å². The van der Waals surface area contributed by atoms with Crippen LogP contribution in [0.25, 0.3) is 0 Å². The van der Waals surface area contributed by atoms with E-state index in [4.69, 9.17) is 0 Å². The maximum atomic E-state index is 12.3. The standard InChI is InChI=1S/C15H15F3N4O2/c1-10-7-11(2)22(21-10)9-14(23)20-19-8-12-5-3-4-6-13(12)24-15(16,17)18/h3-8H,9H2,1-2H3,(H,20,23)/b19-8+. The Bertz CT molecular complexity index is 753. The molecule has 0 spiro atoms. The molecule has 0 bridgehead atoms. The molecular formula is C15H15F3N4O2. The fraction of sp³-hybridized carbons (Fsp3) is 0.267. The number of carbonyl (C=O) groups is 1. The third-order valence-electron chi connectivity index (χ3n) is 2.93. The first-order valence-corrected chi connectivity index (χ1v) is 6.92. The minimum Gasteiger partial charge on any atom is -0.405 e. The molecule has 0 fully saturated rings. The van der Waals surface area contributed by atoms with E-state index in [2.05, 4.69) is 20.4 Å². The summed E-state index contributed by atoms with van der Waals surface area (Å²) in [7, 11) is 0. The van der Waals surface area contributed by atoms with Gasteiger partial charge in [-0.25, -0.2) is 5.43 Å². The van der Waals surface area contributed by atoms with Crippen LogP contribution in [0.15, 0.2) is 35.4 Å². The molecule has 0 saturated heterocycles. The third kappa shape index (κ3) is 5.11. The topological polar surface area (TPSA) is 68.5 Å². The van der Waals surface area contributed by atoms with Gasteiger partial charge in [0.05, 0.1) is 11.9 Å². The van der Waals surface area contributed by atoms with Crippen LogP contribution in [-0.4, -0.2) is 28.3 Å². The lowest BCUT2D eigenvalue weighted by Crippen LogP contribution is -2.24. The van der Waals surface area contributed by atoms with Crippen molar-refractivity contribution < 1.29 is 22.7 Å². The van der Waals surface area contributed by atoms with Crippen molar-refractivity contribution in [1.29, 1.82) is 0 Å². The number of carbonyl (C=O) groups excluding carboxylic acids is 1. The largest absolute Gasteiger partial charge is 0.573 e. The van der Waals surface area contributed by atoms with Crippen molar-refractivity contribution in [3.05, 3.63) is 47.3 Å². The number of halogens is 3. The Morgan fingerprint density at radius 3 is 2.71 bits per heavy atom. The number of aromatic nitrogens is 2. The lowest BCUT2D eigenvalue weighted by atomic mass is 10.2. The molecule has 1 aromatic carbocycles. The number of hydrogen-bond donors (Lipinski definition) is 1. The summed E-state index contributed by atoms with van der Waals surface area (Å²) in [6.45, 7) is 3.57. The highest BCUT2D eigenvalue weighted by molar-refractivity contribution is 5.85. The van der Waals surface area contributed by atoms with E-state index in [1.165, 1.54) is 22.9 Å². The predicted molar refractivity (Wildman–Crippen MR) is 80.6 cm³/mol. The average Bonchev–Trinajstić information content (AvgIpc) is 2.77. The summed E-state index contributed by atoms with van der Waals surface area (Å²) >= 11 is 0. The maximum Gasteiger partial charge on any atom is 0.573 e. The summed E-state index contributed by atoms with van der Waals surface area (Å²) < 4.78 is 42.3. The number of aryl methyl sites for hydroxylation is 2. The smallest absolute Gasteiger partial charge is 0.405 e. The lowest BCUT2D eigenvalue weighted by Gasteiger charge is -2.10. The van der Waals surface area contributed by atoms with Crippen molar-refractivity contribution in [3.8, 4) is 5.75 Å². The molecular weight excluding hydrogens is 325 g/mol. The molecule has 128 valence electrons. The number of rotatable bonds is 5. The van der Waals surface area contributed by atoms with Gasteiger partial charge < -0.3 is 4.74 Å². The lowest BCUT2D eigenvalue weighted by molar-refractivity contribution is -0.274. The minimum absolute atomic E-state index is 0.0439. The second-order valence-corrected chi connectivity index (χ2v) is 4.96. The molecule has 6 nitrogen and oxygen atoms in total. The Morgan fingerprint density at radius 1 is 1.38 bits per heavy atom. The van der Waals surface area contributed by atoms with Crippen LogP contribution in [0.4, 0.5) is 13.2 Å². The van der Waals surface area contributed by atoms with Gasteiger partial charge in [0.15, 0.2) is 0 Å². The zero-order valence-electron chi connectivity index (χ0n) is 13.0. The highest BCUT2D eigenvalue weighted by Crippen LogP contribution is 2.24. The van der Waals surface area contributed by atoms with Crippen LogP contribution in [0, 0.1) is 13.8 Å². The number of hydrazone groups is 1. The van der Waals surface area contributed by atoms with Gasteiger partial charge in [0.2, 0.25) is 0 Å². The van der Waals surface area contributed by atoms with Crippen LogP contribution >= 0.6 is 0 Å². The van der Waals surface area contributed by atoms with Gasteiger partial charge in [-0.05, 0) is 32.0 Å². The van der Waals surface area contributed by atoms with E-state index >= 15 is 0 Å². The van der Waals surface area contributed by atoms with Crippen molar-refractivity contribution in [2.24, 2.45) is 5.10 Å². The first-order chi connectivity index (χ1) is 11.2. The van der Waals surface area contributed by atoms with Crippen molar-refractivity contribution in [3.63, 3.8) is 0 Å². The molecule has 9 heteroatoms. The number of amides is 1. The molecule has 1 amide bonds. The second kappa shape index (κ2) is 7.16. The van der Waals surface area contributed by atoms with Crippen LogP contribution in [-0.2, 0) is 11.3 Å². The molecule has 0 aliphatic carbocycles. The minimum atomic E-state index is -4.80. The van der Waals surface area contributed by atoms with E-state index in [1.807, 2.05) is 6.07 Å². The third-order valence-corrected chi connectivity index (χ3v) is 2.93. The van der Waals surface area contributed by atoms with Crippen LogP contribution in [0.5, 0.6) is 5.75 Å². The molecule has 0 aliphatic rings. The molecule has 24 heavy (non-hydrogen) atoms. The van der Waals surface area contributed by atoms with Crippen molar-refractivity contribution in [2.45, 2.75) is 26.8 Å². The molecule has 0 radical (unpaired) electrons. The number of ether oxygens (including phenoxy) is 1. The highest BCUT2D eigenvalue weighted by Gasteiger charge is 2.31. The van der Waals surface area contributed by atoms with Crippen molar-refractivity contribution in [1.82, 2.24) is 15.2 Å². The molecule has 2 aromatic rings. The molecule has 1 heterocycles.